The lowest BCUT2D eigenvalue weighted by atomic mass is 10.3. The Balaban J connectivity index is 2.13. The minimum absolute atomic E-state index is 0.00364. The number of benzene rings is 1. The van der Waals surface area contributed by atoms with Crippen molar-refractivity contribution in [2.45, 2.75) is 13.8 Å². The molecule has 0 saturated carbocycles. The van der Waals surface area contributed by atoms with Crippen LogP contribution < -0.4 is 0 Å². The van der Waals surface area contributed by atoms with Crippen molar-refractivity contribution in [3.63, 3.8) is 0 Å². The van der Waals surface area contributed by atoms with Gasteiger partial charge in [0.25, 0.3) is 0 Å². The number of aromatic nitrogens is 2. The van der Waals surface area contributed by atoms with E-state index in [1.54, 1.807) is 35.6 Å². The summed E-state index contributed by atoms with van der Waals surface area (Å²) in [6, 6.07) is 10.2. The highest BCUT2D eigenvalue weighted by Gasteiger charge is 2.20. The summed E-state index contributed by atoms with van der Waals surface area (Å²) in [6.07, 6.45) is 1.81. The molecule has 0 saturated heterocycles. The van der Waals surface area contributed by atoms with Crippen molar-refractivity contribution in [3.05, 3.63) is 53.9 Å². The van der Waals surface area contributed by atoms with Gasteiger partial charge in [-0.2, -0.15) is 0 Å². The zero-order valence-electron chi connectivity index (χ0n) is 13.3. The summed E-state index contributed by atoms with van der Waals surface area (Å²) in [5.74, 6) is -0.301. The first-order chi connectivity index (χ1) is 11.6. The van der Waals surface area contributed by atoms with Crippen molar-refractivity contribution < 1.29 is 14.6 Å². The van der Waals surface area contributed by atoms with E-state index in [1.165, 1.54) is 6.07 Å². The summed E-state index contributed by atoms with van der Waals surface area (Å²) < 4.78 is 6.71. The fourth-order valence-corrected chi connectivity index (χ4v) is 2.22. The van der Waals surface area contributed by atoms with Crippen LogP contribution in [0.3, 0.4) is 0 Å². The van der Waals surface area contributed by atoms with Gasteiger partial charge in [-0.3, -0.25) is 4.40 Å². The first kappa shape index (κ1) is 15.7. The van der Waals surface area contributed by atoms with Gasteiger partial charge in [0, 0.05) is 6.20 Å². The smallest absolute Gasteiger partial charge is 0.360 e. The number of rotatable bonds is 4. The molecule has 2 aromatic heterocycles. The van der Waals surface area contributed by atoms with Gasteiger partial charge in [-0.25, -0.2) is 9.78 Å². The van der Waals surface area contributed by atoms with Gasteiger partial charge in [0.05, 0.1) is 6.61 Å². The molecular formula is C17H16N4O3. The molecule has 0 aliphatic rings. The Morgan fingerprint density at radius 1 is 1.25 bits per heavy atom. The molecule has 122 valence electrons. The van der Waals surface area contributed by atoms with Crippen LogP contribution in [0.25, 0.3) is 5.65 Å². The SMILES string of the molecule is CCOC(=O)c1nc2ccc(C)cn2c1N=Nc1ccccc1O. The van der Waals surface area contributed by atoms with Crippen LogP contribution in [0.4, 0.5) is 11.5 Å². The van der Waals surface area contributed by atoms with E-state index >= 15 is 0 Å². The third kappa shape index (κ3) is 2.96. The van der Waals surface area contributed by atoms with Crippen molar-refractivity contribution >= 4 is 23.1 Å². The molecule has 0 spiro atoms. The molecule has 2 heterocycles. The van der Waals surface area contributed by atoms with Gasteiger partial charge in [-0.05, 0) is 37.6 Å². The molecule has 7 nitrogen and oxygen atoms in total. The predicted octanol–water partition coefficient (Wildman–Crippen LogP) is 3.94. The Kier molecular flexibility index (Phi) is 4.24. The number of hydrogen-bond donors (Lipinski definition) is 1. The van der Waals surface area contributed by atoms with Crippen molar-refractivity contribution in [1.82, 2.24) is 9.38 Å². The minimum atomic E-state index is -0.565. The number of azo groups is 1. The Hall–Kier alpha value is -3.22. The van der Waals surface area contributed by atoms with E-state index in [1.807, 2.05) is 19.2 Å². The Morgan fingerprint density at radius 3 is 2.79 bits per heavy atom. The van der Waals surface area contributed by atoms with E-state index in [0.717, 1.165) is 5.56 Å². The molecule has 0 bridgehead atoms. The molecule has 3 aromatic rings. The van der Waals surface area contributed by atoms with Crippen LogP contribution in [0.5, 0.6) is 5.75 Å². The minimum Gasteiger partial charge on any atom is -0.506 e. The van der Waals surface area contributed by atoms with E-state index in [2.05, 4.69) is 15.2 Å². The van der Waals surface area contributed by atoms with Crippen LogP contribution in [0, 0.1) is 6.92 Å². The second-order valence-electron chi connectivity index (χ2n) is 5.13. The zero-order valence-corrected chi connectivity index (χ0v) is 13.3. The molecule has 1 N–H and O–H groups in total. The van der Waals surface area contributed by atoms with Crippen molar-refractivity contribution in [1.29, 1.82) is 0 Å². The average molecular weight is 324 g/mol. The summed E-state index contributed by atoms with van der Waals surface area (Å²) >= 11 is 0. The van der Waals surface area contributed by atoms with E-state index < -0.39 is 5.97 Å². The maximum Gasteiger partial charge on any atom is 0.360 e. The summed E-state index contributed by atoms with van der Waals surface area (Å²) in [7, 11) is 0. The lowest BCUT2D eigenvalue weighted by Gasteiger charge is -2.01. The number of aromatic hydroxyl groups is 1. The molecule has 0 aliphatic heterocycles. The number of hydrogen-bond acceptors (Lipinski definition) is 6. The molecule has 0 unspecified atom stereocenters. The number of ether oxygens (including phenoxy) is 1. The monoisotopic (exact) mass is 324 g/mol. The fourth-order valence-electron chi connectivity index (χ4n) is 2.22. The quantitative estimate of drug-likeness (QED) is 0.581. The van der Waals surface area contributed by atoms with Gasteiger partial charge in [0.15, 0.2) is 11.5 Å². The largest absolute Gasteiger partial charge is 0.506 e. The number of phenolic OH excluding ortho intramolecular Hbond substituents is 1. The van der Waals surface area contributed by atoms with Crippen molar-refractivity contribution in [3.8, 4) is 5.75 Å². The normalized spacial score (nSPS) is 11.2. The molecule has 0 aliphatic carbocycles. The summed E-state index contributed by atoms with van der Waals surface area (Å²) in [5, 5.41) is 18.0. The first-order valence-corrected chi connectivity index (χ1v) is 7.45. The van der Waals surface area contributed by atoms with Crippen LogP contribution in [0.2, 0.25) is 0 Å². The number of para-hydroxylation sites is 1. The molecule has 0 atom stereocenters. The molecule has 7 heteroatoms. The number of pyridine rings is 1. The van der Waals surface area contributed by atoms with E-state index in [0.29, 0.717) is 11.3 Å². The third-order valence-electron chi connectivity index (χ3n) is 3.34. The van der Waals surface area contributed by atoms with Crippen molar-refractivity contribution in [2.24, 2.45) is 10.2 Å². The molecular weight excluding hydrogens is 308 g/mol. The van der Waals surface area contributed by atoms with Gasteiger partial charge < -0.3 is 9.84 Å². The average Bonchev–Trinajstić information content (AvgIpc) is 2.92. The first-order valence-electron chi connectivity index (χ1n) is 7.45. The highest BCUT2D eigenvalue weighted by molar-refractivity contribution is 5.93. The summed E-state index contributed by atoms with van der Waals surface area (Å²) in [5.41, 5.74) is 1.93. The van der Waals surface area contributed by atoms with Crippen molar-refractivity contribution in [2.75, 3.05) is 6.61 Å². The van der Waals surface area contributed by atoms with Gasteiger partial charge in [0.2, 0.25) is 0 Å². The zero-order chi connectivity index (χ0) is 17.1. The second-order valence-corrected chi connectivity index (χ2v) is 5.13. The van der Waals surface area contributed by atoms with Crippen LogP contribution in [-0.2, 0) is 4.74 Å². The standard InChI is InChI=1S/C17H16N4O3/c1-3-24-17(23)15-16(20-19-12-6-4-5-7-13(12)22)21-10-11(2)8-9-14(21)18-15/h4-10,22H,3H2,1-2H3. The number of nitrogens with zero attached hydrogens (tertiary/aromatic N) is 4. The highest BCUT2D eigenvalue weighted by Crippen LogP contribution is 2.29. The second kappa shape index (κ2) is 6.49. The van der Waals surface area contributed by atoms with Crippen LogP contribution in [0.15, 0.2) is 52.8 Å². The fraction of sp³-hybridized carbons (Fsp3) is 0.176. The van der Waals surface area contributed by atoms with E-state index in [9.17, 15) is 9.90 Å². The molecule has 24 heavy (non-hydrogen) atoms. The topological polar surface area (TPSA) is 88.5 Å². The van der Waals surface area contributed by atoms with Gasteiger partial charge in [0.1, 0.15) is 17.1 Å². The number of carbonyl (C=O) groups excluding carboxylic acids is 1. The maximum atomic E-state index is 12.1. The summed E-state index contributed by atoms with van der Waals surface area (Å²) in [6.45, 7) is 3.89. The molecule has 1 aromatic carbocycles. The van der Waals surface area contributed by atoms with E-state index in [4.69, 9.17) is 4.74 Å². The number of aryl methyl sites for hydroxylation is 1. The lowest BCUT2D eigenvalue weighted by molar-refractivity contribution is 0.0521. The Morgan fingerprint density at radius 2 is 2.04 bits per heavy atom. The summed E-state index contributed by atoms with van der Waals surface area (Å²) in [4.78, 5) is 16.4. The van der Waals surface area contributed by atoms with Gasteiger partial charge >= 0.3 is 5.97 Å². The lowest BCUT2D eigenvalue weighted by Crippen LogP contribution is -2.05. The van der Waals surface area contributed by atoms with Crippen LogP contribution in [0.1, 0.15) is 23.0 Å². The van der Waals surface area contributed by atoms with Crippen LogP contribution in [-0.4, -0.2) is 27.1 Å². The van der Waals surface area contributed by atoms with Crippen LogP contribution >= 0.6 is 0 Å². The molecule has 3 rings (SSSR count). The number of fused-ring (bicyclic) bond motifs is 1. The number of carbonyl (C=O) groups is 1. The number of phenols is 1. The predicted molar refractivity (Wildman–Crippen MR) is 88.2 cm³/mol. The van der Waals surface area contributed by atoms with Gasteiger partial charge in [-0.1, -0.05) is 18.2 Å². The molecule has 0 radical (unpaired) electrons. The third-order valence-corrected chi connectivity index (χ3v) is 3.34. The Labute approximate surface area is 138 Å². The number of imidazole rings is 1. The Bertz CT molecular complexity index is 931. The van der Waals surface area contributed by atoms with Gasteiger partial charge in [-0.15, -0.1) is 10.2 Å². The maximum absolute atomic E-state index is 12.1. The molecule has 0 amide bonds. The van der Waals surface area contributed by atoms with E-state index in [-0.39, 0.29) is 23.9 Å². The highest BCUT2D eigenvalue weighted by atomic mass is 16.5. The number of esters is 1. The molecule has 0 fully saturated rings.